The smallest absolute Gasteiger partial charge is 0.171 e. The van der Waals surface area contributed by atoms with Gasteiger partial charge in [0, 0.05) is 19.0 Å². The van der Waals surface area contributed by atoms with Crippen LogP contribution in [-0.4, -0.2) is 34.4 Å². The van der Waals surface area contributed by atoms with E-state index in [4.69, 9.17) is 5.21 Å². The van der Waals surface area contributed by atoms with Gasteiger partial charge in [-0.15, -0.1) is 0 Å². The lowest BCUT2D eigenvalue weighted by molar-refractivity contribution is 0.310. The molecule has 0 amide bonds. The van der Waals surface area contributed by atoms with Gasteiger partial charge in [-0.2, -0.15) is 0 Å². The summed E-state index contributed by atoms with van der Waals surface area (Å²) in [5.41, 5.74) is 0. The van der Waals surface area contributed by atoms with Gasteiger partial charge in [0.05, 0.1) is 0 Å². The van der Waals surface area contributed by atoms with Gasteiger partial charge in [-0.3, -0.25) is 0 Å². The Morgan fingerprint density at radius 1 is 1.67 bits per heavy atom. The van der Waals surface area contributed by atoms with Crippen LogP contribution in [0.25, 0.3) is 0 Å². The van der Waals surface area contributed by atoms with Crippen molar-refractivity contribution in [3.05, 3.63) is 0 Å². The van der Waals surface area contributed by atoms with Crippen LogP contribution in [0.15, 0.2) is 10.1 Å². The largest absolute Gasteiger partial charge is 0.409 e. The summed E-state index contributed by atoms with van der Waals surface area (Å²) < 4.78 is 0. The molecule has 0 bridgehead atoms. The highest BCUT2D eigenvalue weighted by Gasteiger charge is 2.30. The minimum atomic E-state index is 0.536. The summed E-state index contributed by atoms with van der Waals surface area (Å²) in [6.07, 6.45) is 3.23. The van der Waals surface area contributed by atoms with E-state index in [1.165, 1.54) is 12.8 Å². The quantitative estimate of drug-likeness (QED) is 0.433. The monoisotopic (exact) mass is 167 g/mol. The fourth-order valence-electron chi connectivity index (χ4n) is 2.04. The van der Waals surface area contributed by atoms with Crippen molar-refractivity contribution in [2.75, 3.05) is 6.54 Å². The average Bonchev–Trinajstić information content (AvgIpc) is 2.52. The third-order valence-corrected chi connectivity index (χ3v) is 2.62. The van der Waals surface area contributed by atoms with E-state index in [2.05, 4.69) is 15.0 Å². The van der Waals surface area contributed by atoms with Crippen molar-refractivity contribution in [3.63, 3.8) is 0 Å². The highest BCUT2D eigenvalue weighted by Crippen LogP contribution is 2.24. The Morgan fingerprint density at radius 2 is 2.50 bits per heavy atom. The summed E-state index contributed by atoms with van der Waals surface area (Å²) in [7, 11) is 0. The normalized spacial score (nSPS) is 32.1. The molecule has 1 atom stereocenters. The van der Waals surface area contributed by atoms with Crippen LogP contribution in [0.1, 0.15) is 26.2 Å². The summed E-state index contributed by atoms with van der Waals surface area (Å²) in [4.78, 5) is 6.49. The van der Waals surface area contributed by atoms with Crippen molar-refractivity contribution in [2.24, 2.45) is 10.1 Å². The Kier molecular flexibility index (Phi) is 1.75. The molecule has 0 aliphatic carbocycles. The molecule has 0 saturated carbocycles. The maximum absolute atomic E-state index is 8.59. The molecule has 2 rings (SSSR count). The molecular formula is C8H13N3O. The number of amidine groups is 2. The van der Waals surface area contributed by atoms with Crippen LogP contribution in [0.5, 0.6) is 0 Å². The Bertz CT molecular complexity index is 247. The number of fused-ring (bicyclic) bond motifs is 1. The Balaban J connectivity index is 2.25. The fraction of sp³-hybridized carbons (Fsp3) is 0.750. The highest BCUT2D eigenvalue weighted by molar-refractivity contribution is 5.98. The van der Waals surface area contributed by atoms with Gasteiger partial charge in [-0.1, -0.05) is 5.16 Å². The fourth-order valence-corrected chi connectivity index (χ4v) is 2.04. The Morgan fingerprint density at radius 3 is 3.25 bits per heavy atom. The SMILES string of the molecule is CC1=N/C(=N/O)C[C@@H]2CCCN12. The summed E-state index contributed by atoms with van der Waals surface area (Å²) in [6.45, 7) is 3.08. The third-order valence-electron chi connectivity index (χ3n) is 2.62. The van der Waals surface area contributed by atoms with Crippen molar-refractivity contribution >= 4 is 11.7 Å². The van der Waals surface area contributed by atoms with E-state index < -0.39 is 0 Å². The number of hydrogen-bond acceptors (Lipinski definition) is 3. The van der Waals surface area contributed by atoms with Crippen molar-refractivity contribution in [1.82, 2.24) is 4.90 Å². The maximum Gasteiger partial charge on any atom is 0.171 e. The Hall–Kier alpha value is -1.06. The second-order valence-corrected chi connectivity index (χ2v) is 3.37. The molecule has 0 aromatic rings. The molecule has 2 aliphatic rings. The van der Waals surface area contributed by atoms with Crippen LogP contribution in [-0.2, 0) is 0 Å². The third kappa shape index (κ3) is 1.07. The van der Waals surface area contributed by atoms with E-state index >= 15 is 0 Å². The molecule has 2 heterocycles. The Labute approximate surface area is 71.6 Å². The molecule has 1 saturated heterocycles. The highest BCUT2D eigenvalue weighted by atomic mass is 16.4. The molecule has 4 nitrogen and oxygen atoms in total. The van der Waals surface area contributed by atoms with Gasteiger partial charge in [-0.05, 0) is 19.8 Å². The van der Waals surface area contributed by atoms with E-state index in [1.54, 1.807) is 0 Å². The van der Waals surface area contributed by atoms with E-state index in [0.29, 0.717) is 11.9 Å². The molecule has 66 valence electrons. The van der Waals surface area contributed by atoms with Gasteiger partial charge in [0.1, 0.15) is 5.84 Å². The van der Waals surface area contributed by atoms with E-state index in [1.807, 2.05) is 6.92 Å². The van der Waals surface area contributed by atoms with Crippen molar-refractivity contribution < 1.29 is 5.21 Å². The van der Waals surface area contributed by atoms with E-state index in [0.717, 1.165) is 18.8 Å². The molecule has 0 radical (unpaired) electrons. The van der Waals surface area contributed by atoms with Gasteiger partial charge in [0.2, 0.25) is 0 Å². The minimum Gasteiger partial charge on any atom is -0.409 e. The number of oxime groups is 1. The average molecular weight is 167 g/mol. The number of rotatable bonds is 0. The summed E-state index contributed by atoms with van der Waals surface area (Å²) in [6, 6.07) is 0.536. The van der Waals surface area contributed by atoms with Gasteiger partial charge in [0.15, 0.2) is 5.84 Å². The summed E-state index contributed by atoms with van der Waals surface area (Å²) in [5.74, 6) is 1.58. The minimum absolute atomic E-state index is 0.536. The zero-order chi connectivity index (χ0) is 8.55. The second-order valence-electron chi connectivity index (χ2n) is 3.37. The molecule has 0 aromatic carbocycles. The van der Waals surface area contributed by atoms with Gasteiger partial charge in [-0.25, -0.2) is 4.99 Å². The first kappa shape index (κ1) is 7.58. The zero-order valence-electron chi connectivity index (χ0n) is 7.19. The molecule has 0 unspecified atom stereocenters. The lowest BCUT2D eigenvalue weighted by Crippen LogP contribution is -2.39. The molecule has 12 heavy (non-hydrogen) atoms. The van der Waals surface area contributed by atoms with Gasteiger partial charge in [0.25, 0.3) is 0 Å². The maximum atomic E-state index is 8.59. The van der Waals surface area contributed by atoms with E-state index in [-0.39, 0.29) is 0 Å². The predicted octanol–water partition coefficient (Wildman–Crippen LogP) is 1.06. The number of hydrogen-bond donors (Lipinski definition) is 1. The van der Waals surface area contributed by atoms with Crippen molar-refractivity contribution in [1.29, 1.82) is 0 Å². The van der Waals surface area contributed by atoms with Gasteiger partial charge < -0.3 is 10.1 Å². The van der Waals surface area contributed by atoms with Crippen LogP contribution < -0.4 is 0 Å². The van der Waals surface area contributed by atoms with Crippen LogP contribution >= 0.6 is 0 Å². The number of nitrogens with zero attached hydrogens (tertiary/aromatic N) is 3. The van der Waals surface area contributed by atoms with Crippen molar-refractivity contribution in [3.8, 4) is 0 Å². The molecule has 4 heteroatoms. The molecule has 2 aliphatic heterocycles. The molecule has 1 N–H and O–H groups in total. The lowest BCUT2D eigenvalue weighted by atomic mass is 10.1. The number of aliphatic imine (C=N–C) groups is 1. The lowest BCUT2D eigenvalue weighted by Gasteiger charge is -2.29. The standard InChI is InChI=1S/C8H13N3O/c1-6-9-8(10-12)5-7-3-2-4-11(6)7/h7,12H,2-5H2,1H3/b10-8+/t7-/m0/s1. The first-order chi connectivity index (χ1) is 5.81. The van der Waals surface area contributed by atoms with Crippen LogP contribution in [0.2, 0.25) is 0 Å². The zero-order valence-corrected chi connectivity index (χ0v) is 7.19. The molecule has 1 fully saturated rings. The molecular weight excluding hydrogens is 154 g/mol. The van der Waals surface area contributed by atoms with Crippen LogP contribution in [0.3, 0.4) is 0 Å². The molecule has 0 aromatic heterocycles. The molecule has 0 spiro atoms. The van der Waals surface area contributed by atoms with Crippen LogP contribution in [0.4, 0.5) is 0 Å². The first-order valence-corrected chi connectivity index (χ1v) is 4.34. The topological polar surface area (TPSA) is 48.2 Å². The van der Waals surface area contributed by atoms with E-state index in [9.17, 15) is 0 Å². The van der Waals surface area contributed by atoms with Gasteiger partial charge >= 0.3 is 0 Å². The second kappa shape index (κ2) is 2.77. The van der Waals surface area contributed by atoms with Crippen molar-refractivity contribution in [2.45, 2.75) is 32.2 Å². The summed E-state index contributed by atoms with van der Waals surface area (Å²) in [5, 5.41) is 11.8. The van der Waals surface area contributed by atoms with Crippen LogP contribution in [0, 0.1) is 0 Å². The predicted molar refractivity (Wildman–Crippen MR) is 46.7 cm³/mol. The summed E-state index contributed by atoms with van der Waals surface area (Å²) >= 11 is 0. The first-order valence-electron chi connectivity index (χ1n) is 4.34.